The maximum atomic E-state index is 12.3. The Kier molecular flexibility index (Phi) is 6.77. The van der Waals surface area contributed by atoms with Crippen LogP contribution in [0.2, 0.25) is 0 Å². The van der Waals surface area contributed by atoms with Gasteiger partial charge in [-0.15, -0.1) is 0 Å². The topological polar surface area (TPSA) is 71.1 Å². The molecular formula is C15H27N3O2S. The van der Waals surface area contributed by atoms with Gasteiger partial charge in [-0.05, 0) is 44.4 Å². The van der Waals surface area contributed by atoms with Crippen molar-refractivity contribution in [1.82, 2.24) is 15.0 Å². The Labute approximate surface area is 128 Å². The van der Waals surface area contributed by atoms with Crippen molar-refractivity contribution >= 4 is 10.0 Å². The molecule has 120 valence electrons. The van der Waals surface area contributed by atoms with Gasteiger partial charge in [-0.2, -0.15) is 0 Å². The van der Waals surface area contributed by atoms with Crippen molar-refractivity contribution in [2.75, 3.05) is 6.54 Å². The SMILES string of the molecule is CCCNCc1ccc(S(=O)(=O)NC(C)(CC)CC)nc1. The summed E-state index contributed by atoms with van der Waals surface area (Å²) in [6.45, 7) is 9.60. The largest absolute Gasteiger partial charge is 0.313 e. The Hall–Kier alpha value is -0.980. The van der Waals surface area contributed by atoms with Crippen LogP contribution < -0.4 is 10.0 Å². The molecule has 0 amide bonds. The number of rotatable bonds is 9. The van der Waals surface area contributed by atoms with Gasteiger partial charge in [-0.1, -0.05) is 26.8 Å². The van der Waals surface area contributed by atoms with E-state index in [1.54, 1.807) is 18.3 Å². The van der Waals surface area contributed by atoms with E-state index in [9.17, 15) is 8.42 Å². The molecular weight excluding hydrogens is 286 g/mol. The molecule has 0 saturated heterocycles. The first-order chi connectivity index (χ1) is 9.87. The van der Waals surface area contributed by atoms with E-state index >= 15 is 0 Å². The third-order valence-electron chi connectivity index (χ3n) is 3.77. The van der Waals surface area contributed by atoms with Gasteiger partial charge in [-0.3, -0.25) is 0 Å². The summed E-state index contributed by atoms with van der Waals surface area (Å²) in [5.74, 6) is 0. The van der Waals surface area contributed by atoms with Crippen LogP contribution in [0.1, 0.15) is 52.5 Å². The summed E-state index contributed by atoms with van der Waals surface area (Å²) < 4.78 is 27.4. The molecule has 1 rings (SSSR count). The third-order valence-corrected chi connectivity index (χ3v) is 5.32. The molecule has 0 bridgehead atoms. The predicted octanol–water partition coefficient (Wildman–Crippen LogP) is 2.44. The van der Waals surface area contributed by atoms with Crippen molar-refractivity contribution < 1.29 is 8.42 Å². The van der Waals surface area contributed by atoms with Gasteiger partial charge in [0.1, 0.15) is 0 Å². The zero-order chi connectivity index (χ0) is 15.9. The molecule has 0 saturated carbocycles. The molecule has 0 fully saturated rings. The molecule has 1 aromatic rings. The van der Waals surface area contributed by atoms with Gasteiger partial charge in [0.2, 0.25) is 0 Å². The van der Waals surface area contributed by atoms with Gasteiger partial charge in [0.15, 0.2) is 5.03 Å². The fraction of sp³-hybridized carbons (Fsp3) is 0.667. The predicted molar refractivity (Wildman–Crippen MR) is 85.5 cm³/mol. The molecule has 21 heavy (non-hydrogen) atoms. The Bertz CT molecular complexity index is 522. The van der Waals surface area contributed by atoms with Crippen LogP contribution in [0.3, 0.4) is 0 Å². The average Bonchev–Trinajstić information content (AvgIpc) is 2.47. The Morgan fingerprint density at radius 1 is 1.19 bits per heavy atom. The monoisotopic (exact) mass is 313 g/mol. The van der Waals surface area contributed by atoms with Gasteiger partial charge in [0.25, 0.3) is 10.0 Å². The summed E-state index contributed by atoms with van der Waals surface area (Å²) in [5, 5.41) is 3.34. The molecule has 0 spiro atoms. The first-order valence-corrected chi connectivity index (χ1v) is 9.04. The van der Waals surface area contributed by atoms with Crippen molar-refractivity contribution in [3.8, 4) is 0 Å². The van der Waals surface area contributed by atoms with Gasteiger partial charge in [0.05, 0.1) is 0 Å². The standard InChI is InChI=1S/C15H27N3O2S/c1-5-10-16-11-13-8-9-14(17-12-13)21(19,20)18-15(4,6-2)7-3/h8-9,12,16,18H,5-7,10-11H2,1-4H3. The molecule has 0 radical (unpaired) electrons. The highest BCUT2D eigenvalue weighted by Gasteiger charge is 2.28. The zero-order valence-corrected chi connectivity index (χ0v) is 14.3. The molecule has 1 aromatic heterocycles. The number of pyridine rings is 1. The minimum atomic E-state index is -3.57. The second-order valence-electron chi connectivity index (χ2n) is 5.55. The summed E-state index contributed by atoms with van der Waals surface area (Å²) in [6, 6.07) is 3.37. The fourth-order valence-electron chi connectivity index (χ4n) is 1.85. The van der Waals surface area contributed by atoms with Crippen LogP contribution in [0.4, 0.5) is 0 Å². The zero-order valence-electron chi connectivity index (χ0n) is 13.4. The van der Waals surface area contributed by atoms with Crippen LogP contribution in [0, 0.1) is 0 Å². The van der Waals surface area contributed by atoms with Crippen LogP contribution in [0.25, 0.3) is 0 Å². The van der Waals surface area contributed by atoms with E-state index in [-0.39, 0.29) is 5.03 Å². The maximum Gasteiger partial charge on any atom is 0.258 e. The summed E-state index contributed by atoms with van der Waals surface area (Å²) in [5.41, 5.74) is 0.554. The smallest absolute Gasteiger partial charge is 0.258 e. The van der Waals surface area contributed by atoms with Gasteiger partial charge >= 0.3 is 0 Å². The van der Waals surface area contributed by atoms with E-state index in [4.69, 9.17) is 0 Å². The molecule has 0 aliphatic rings. The number of sulfonamides is 1. The molecule has 0 atom stereocenters. The van der Waals surface area contributed by atoms with Crippen molar-refractivity contribution in [3.63, 3.8) is 0 Å². The number of nitrogens with zero attached hydrogens (tertiary/aromatic N) is 1. The first-order valence-electron chi connectivity index (χ1n) is 7.56. The first kappa shape index (κ1) is 18.1. The van der Waals surface area contributed by atoms with Crippen LogP contribution in [-0.2, 0) is 16.6 Å². The second-order valence-corrected chi connectivity index (χ2v) is 7.18. The average molecular weight is 313 g/mol. The van der Waals surface area contributed by atoms with Crippen LogP contribution >= 0.6 is 0 Å². The lowest BCUT2D eigenvalue weighted by Gasteiger charge is -2.27. The molecule has 6 heteroatoms. The molecule has 0 unspecified atom stereocenters. The number of aromatic nitrogens is 1. The molecule has 1 heterocycles. The van der Waals surface area contributed by atoms with Crippen molar-refractivity contribution in [1.29, 1.82) is 0 Å². The van der Waals surface area contributed by atoms with Crippen LogP contribution in [0.15, 0.2) is 23.4 Å². The second kappa shape index (κ2) is 7.87. The normalized spacial score (nSPS) is 12.6. The minimum absolute atomic E-state index is 0.0786. The molecule has 0 aliphatic heterocycles. The Balaban J connectivity index is 2.80. The quantitative estimate of drug-likeness (QED) is 0.687. The van der Waals surface area contributed by atoms with E-state index in [2.05, 4.69) is 21.9 Å². The van der Waals surface area contributed by atoms with Gasteiger partial charge < -0.3 is 5.32 Å². The van der Waals surface area contributed by atoms with E-state index in [0.717, 1.165) is 31.4 Å². The maximum absolute atomic E-state index is 12.3. The number of nitrogens with one attached hydrogen (secondary N) is 2. The molecule has 2 N–H and O–H groups in total. The van der Waals surface area contributed by atoms with Crippen molar-refractivity contribution in [2.45, 2.75) is 64.1 Å². The van der Waals surface area contributed by atoms with E-state index < -0.39 is 15.6 Å². The number of hydrogen-bond acceptors (Lipinski definition) is 4. The summed E-state index contributed by atoms with van der Waals surface area (Å²) in [4.78, 5) is 4.09. The molecule has 5 nitrogen and oxygen atoms in total. The lowest BCUT2D eigenvalue weighted by molar-refractivity contribution is 0.388. The van der Waals surface area contributed by atoms with Crippen molar-refractivity contribution in [2.24, 2.45) is 0 Å². The molecule has 0 aliphatic carbocycles. The van der Waals surface area contributed by atoms with E-state index in [0.29, 0.717) is 6.54 Å². The number of hydrogen-bond donors (Lipinski definition) is 2. The Morgan fingerprint density at radius 3 is 2.33 bits per heavy atom. The van der Waals surface area contributed by atoms with E-state index in [1.165, 1.54) is 0 Å². The van der Waals surface area contributed by atoms with Crippen LogP contribution in [-0.4, -0.2) is 25.5 Å². The molecule has 0 aromatic carbocycles. The lowest BCUT2D eigenvalue weighted by Crippen LogP contribution is -2.45. The van der Waals surface area contributed by atoms with Crippen molar-refractivity contribution in [3.05, 3.63) is 23.9 Å². The van der Waals surface area contributed by atoms with Gasteiger partial charge in [0, 0.05) is 18.3 Å². The fourth-order valence-corrected chi connectivity index (χ4v) is 3.34. The summed E-state index contributed by atoms with van der Waals surface area (Å²) in [7, 11) is -3.57. The summed E-state index contributed by atoms with van der Waals surface area (Å²) in [6.07, 6.45) is 4.16. The summed E-state index contributed by atoms with van der Waals surface area (Å²) >= 11 is 0. The lowest BCUT2D eigenvalue weighted by atomic mass is 9.98. The Morgan fingerprint density at radius 2 is 1.86 bits per heavy atom. The highest BCUT2D eigenvalue weighted by atomic mass is 32.2. The van der Waals surface area contributed by atoms with E-state index in [1.807, 2.05) is 20.8 Å². The highest BCUT2D eigenvalue weighted by molar-refractivity contribution is 7.89. The van der Waals surface area contributed by atoms with Gasteiger partial charge in [-0.25, -0.2) is 18.1 Å². The third kappa shape index (κ3) is 5.37. The minimum Gasteiger partial charge on any atom is -0.313 e. The van der Waals surface area contributed by atoms with Crippen LogP contribution in [0.5, 0.6) is 0 Å². The highest BCUT2D eigenvalue weighted by Crippen LogP contribution is 2.18.